The van der Waals surface area contributed by atoms with Crippen LogP contribution in [0.2, 0.25) is 0 Å². The van der Waals surface area contributed by atoms with Gasteiger partial charge in [0.05, 0.1) is 12.6 Å². The van der Waals surface area contributed by atoms with E-state index in [1.54, 1.807) is 18.3 Å². The summed E-state index contributed by atoms with van der Waals surface area (Å²) in [5.41, 5.74) is 0.763. The third-order valence-corrected chi connectivity index (χ3v) is 5.30. The van der Waals surface area contributed by atoms with Crippen molar-refractivity contribution in [3.8, 4) is 11.6 Å². The van der Waals surface area contributed by atoms with E-state index in [2.05, 4.69) is 10.3 Å². The number of amides is 1. The highest BCUT2D eigenvalue weighted by Gasteiger charge is 2.28. The Morgan fingerprint density at radius 2 is 2.24 bits per heavy atom. The minimum absolute atomic E-state index is 0.0523. The van der Waals surface area contributed by atoms with Gasteiger partial charge < -0.3 is 19.7 Å². The Morgan fingerprint density at radius 1 is 1.45 bits per heavy atom. The SMILES string of the molecule is COc1ncccc1CNC(=O)c1c(O)c2cc(F)cc3c2n(c1=O)C(C)CC3. The molecule has 3 aromatic rings. The average molecular weight is 397 g/mol. The molecule has 4 rings (SSSR count). The van der Waals surface area contributed by atoms with Gasteiger partial charge in [-0.3, -0.25) is 9.59 Å². The molecule has 7 nitrogen and oxygen atoms in total. The van der Waals surface area contributed by atoms with E-state index in [1.165, 1.54) is 17.7 Å². The Labute approximate surface area is 165 Å². The topological polar surface area (TPSA) is 93.4 Å². The van der Waals surface area contributed by atoms with Gasteiger partial charge in [0.25, 0.3) is 11.5 Å². The Kier molecular flexibility index (Phi) is 4.70. The van der Waals surface area contributed by atoms with Crippen molar-refractivity contribution in [3.05, 3.63) is 63.3 Å². The normalized spacial score (nSPS) is 15.3. The molecule has 2 aromatic heterocycles. The number of aromatic nitrogens is 2. The maximum atomic E-state index is 14.1. The van der Waals surface area contributed by atoms with Crippen molar-refractivity contribution in [1.29, 1.82) is 0 Å². The molecule has 29 heavy (non-hydrogen) atoms. The third kappa shape index (κ3) is 3.10. The van der Waals surface area contributed by atoms with Crippen LogP contribution in [0.1, 0.15) is 40.9 Å². The molecular formula is C21H20FN3O4. The van der Waals surface area contributed by atoms with Crippen LogP contribution in [0.4, 0.5) is 4.39 Å². The number of ether oxygens (including phenoxy) is 1. The van der Waals surface area contributed by atoms with Gasteiger partial charge in [0.15, 0.2) is 0 Å². The first-order chi connectivity index (χ1) is 13.9. The van der Waals surface area contributed by atoms with E-state index in [1.807, 2.05) is 6.92 Å². The van der Waals surface area contributed by atoms with Gasteiger partial charge in [0.2, 0.25) is 5.88 Å². The molecule has 0 saturated carbocycles. The lowest BCUT2D eigenvalue weighted by Gasteiger charge is -2.26. The summed E-state index contributed by atoms with van der Waals surface area (Å²) < 4.78 is 20.7. The summed E-state index contributed by atoms with van der Waals surface area (Å²) in [6.45, 7) is 1.92. The van der Waals surface area contributed by atoms with Crippen LogP contribution >= 0.6 is 0 Å². The number of halogens is 1. The predicted octanol–water partition coefficient (Wildman–Crippen LogP) is 2.69. The van der Waals surface area contributed by atoms with E-state index in [-0.39, 0.29) is 18.0 Å². The molecule has 2 N–H and O–H groups in total. The van der Waals surface area contributed by atoms with Crippen molar-refractivity contribution in [2.45, 2.75) is 32.4 Å². The molecule has 0 radical (unpaired) electrons. The Morgan fingerprint density at radius 3 is 3.00 bits per heavy atom. The summed E-state index contributed by atoms with van der Waals surface area (Å²) in [5, 5.41) is 13.5. The van der Waals surface area contributed by atoms with Crippen LogP contribution < -0.4 is 15.6 Å². The van der Waals surface area contributed by atoms with Crippen LogP contribution in [0.3, 0.4) is 0 Å². The molecule has 0 spiro atoms. The molecule has 3 heterocycles. The molecule has 0 aliphatic carbocycles. The number of nitrogens with one attached hydrogen (secondary N) is 1. The van der Waals surface area contributed by atoms with Gasteiger partial charge in [-0.15, -0.1) is 0 Å². The number of nitrogens with zero attached hydrogens (tertiary/aromatic N) is 2. The second kappa shape index (κ2) is 7.20. The van der Waals surface area contributed by atoms with Gasteiger partial charge in [-0.1, -0.05) is 6.07 Å². The van der Waals surface area contributed by atoms with Crippen molar-refractivity contribution in [3.63, 3.8) is 0 Å². The number of hydrogen-bond donors (Lipinski definition) is 2. The van der Waals surface area contributed by atoms with E-state index in [9.17, 15) is 19.1 Å². The molecule has 0 bridgehead atoms. The fourth-order valence-electron chi connectivity index (χ4n) is 3.89. The summed E-state index contributed by atoms with van der Waals surface area (Å²) in [6.07, 6.45) is 2.80. The van der Waals surface area contributed by atoms with E-state index in [0.717, 1.165) is 6.07 Å². The number of rotatable bonds is 4. The maximum absolute atomic E-state index is 14.1. The lowest BCUT2D eigenvalue weighted by Crippen LogP contribution is -2.36. The Hall–Kier alpha value is -3.42. The lowest BCUT2D eigenvalue weighted by atomic mass is 9.95. The lowest BCUT2D eigenvalue weighted by molar-refractivity contribution is 0.0946. The molecule has 8 heteroatoms. The number of carbonyl (C=O) groups is 1. The van der Waals surface area contributed by atoms with Crippen LogP contribution in [-0.4, -0.2) is 27.7 Å². The Balaban J connectivity index is 1.80. The highest BCUT2D eigenvalue weighted by molar-refractivity contribution is 6.03. The number of aromatic hydroxyl groups is 1. The van der Waals surface area contributed by atoms with Crippen LogP contribution in [0.15, 0.2) is 35.3 Å². The molecule has 1 aliphatic heterocycles. The quantitative estimate of drug-likeness (QED) is 0.706. The van der Waals surface area contributed by atoms with Gasteiger partial charge in [-0.05, 0) is 43.5 Å². The van der Waals surface area contributed by atoms with Crippen molar-refractivity contribution < 1.29 is 19.0 Å². The van der Waals surface area contributed by atoms with Gasteiger partial charge >= 0.3 is 0 Å². The summed E-state index contributed by atoms with van der Waals surface area (Å²) in [7, 11) is 1.47. The summed E-state index contributed by atoms with van der Waals surface area (Å²) >= 11 is 0. The Bertz CT molecular complexity index is 1190. The molecule has 1 aromatic carbocycles. The van der Waals surface area contributed by atoms with E-state index >= 15 is 0 Å². The van der Waals surface area contributed by atoms with Crippen molar-refractivity contribution >= 4 is 16.8 Å². The second-order valence-electron chi connectivity index (χ2n) is 7.10. The highest BCUT2D eigenvalue weighted by Crippen LogP contribution is 2.35. The van der Waals surface area contributed by atoms with Crippen LogP contribution in [0.5, 0.6) is 11.6 Å². The number of benzene rings is 1. The second-order valence-corrected chi connectivity index (χ2v) is 7.10. The standard InChI is InChI=1S/C21H20FN3O4/c1-11-5-6-12-8-14(22)9-15-17(12)25(11)21(28)16(18(15)26)19(27)24-10-13-4-3-7-23-20(13)29-2/h3-4,7-9,11,26H,5-6,10H2,1-2H3,(H,24,27). The van der Waals surface area contributed by atoms with Crippen molar-refractivity contribution in [2.24, 2.45) is 0 Å². The first kappa shape index (κ1) is 18.9. The van der Waals surface area contributed by atoms with Crippen LogP contribution in [-0.2, 0) is 13.0 Å². The molecule has 150 valence electrons. The van der Waals surface area contributed by atoms with Gasteiger partial charge in [-0.2, -0.15) is 0 Å². The largest absolute Gasteiger partial charge is 0.506 e. The fraction of sp³-hybridized carbons (Fsp3) is 0.286. The molecular weight excluding hydrogens is 377 g/mol. The zero-order chi connectivity index (χ0) is 20.7. The van der Waals surface area contributed by atoms with Gasteiger partial charge in [-0.25, -0.2) is 9.37 Å². The predicted molar refractivity (Wildman–Crippen MR) is 105 cm³/mol. The molecule has 0 saturated heterocycles. The smallest absolute Gasteiger partial charge is 0.267 e. The van der Waals surface area contributed by atoms with Crippen LogP contribution in [0, 0.1) is 5.82 Å². The van der Waals surface area contributed by atoms with E-state index in [4.69, 9.17) is 4.74 Å². The molecule has 1 unspecified atom stereocenters. The third-order valence-electron chi connectivity index (χ3n) is 5.30. The number of methoxy groups -OCH3 is 1. The zero-order valence-electron chi connectivity index (χ0n) is 16.0. The van der Waals surface area contributed by atoms with Crippen LogP contribution in [0.25, 0.3) is 10.9 Å². The molecule has 0 fully saturated rings. The van der Waals surface area contributed by atoms with E-state index < -0.39 is 28.6 Å². The van der Waals surface area contributed by atoms with Gasteiger partial charge in [0, 0.05) is 29.7 Å². The first-order valence-electron chi connectivity index (χ1n) is 9.28. The number of carbonyl (C=O) groups excluding carboxylic acids is 1. The summed E-state index contributed by atoms with van der Waals surface area (Å²) in [4.78, 5) is 30.0. The number of aryl methyl sites for hydroxylation is 1. The maximum Gasteiger partial charge on any atom is 0.267 e. The van der Waals surface area contributed by atoms with Crippen molar-refractivity contribution in [2.75, 3.05) is 7.11 Å². The highest BCUT2D eigenvalue weighted by atomic mass is 19.1. The van der Waals surface area contributed by atoms with Crippen molar-refractivity contribution in [1.82, 2.24) is 14.9 Å². The van der Waals surface area contributed by atoms with Gasteiger partial charge in [0.1, 0.15) is 17.1 Å². The number of hydrogen-bond acceptors (Lipinski definition) is 5. The summed E-state index contributed by atoms with van der Waals surface area (Å²) in [6, 6.07) is 5.78. The molecule has 1 atom stereocenters. The summed E-state index contributed by atoms with van der Waals surface area (Å²) in [5.74, 6) is -1.42. The van der Waals surface area contributed by atoms with E-state index in [0.29, 0.717) is 35.4 Å². The minimum Gasteiger partial charge on any atom is -0.506 e. The number of pyridine rings is 2. The zero-order valence-corrected chi connectivity index (χ0v) is 16.0. The monoisotopic (exact) mass is 397 g/mol. The molecule has 1 aliphatic rings. The minimum atomic E-state index is -0.743. The first-order valence-corrected chi connectivity index (χ1v) is 9.28. The fourth-order valence-corrected chi connectivity index (χ4v) is 3.89. The average Bonchev–Trinajstić information content (AvgIpc) is 2.71. The molecule has 1 amide bonds.